The van der Waals surface area contributed by atoms with Gasteiger partial charge >= 0.3 is 42.4 Å². The molecule has 0 heterocycles. The van der Waals surface area contributed by atoms with Crippen LogP contribution in [-0.4, -0.2) is 60.9 Å². The van der Waals surface area contributed by atoms with Gasteiger partial charge in [0.05, 0.1) is 0 Å². The molecule has 0 spiro atoms. The molecule has 0 saturated carbocycles. The second kappa shape index (κ2) is 11.1. The van der Waals surface area contributed by atoms with E-state index in [1.54, 1.807) is 0 Å². The molecule has 0 aromatic heterocycles. The van der Waals surface area contributed by atoms with Crippen LogP contribution in [0.5, 0.6) is 0 Å². The van der Waals surface area contributed by atoms with Crippen molar-refractivity contribution in [1.82, 2.24) is 0 Å². The van der Waals surface area contributed by atoms with Gasteiger partial charge in [0, 0.05) is 0 Å². The Hall–Kier alpha value is -0.0699. The van der Waals surface area contributed by atoms with Crippen molar-refractivity contribution in [2.24, 2.45) is 0 Å². The zero-order chi connectivity index (χ0) is 21.0. The predicted molar refractivity (Wildman–Crippen MR) is 50.9 cm³/mol. The van der Waals surface area contributed by atoms with Crippen molar-refractivity contribution in [1.29, 1.82) is 0 Å². The van der Waals surface area contributed by atoms with E-state index in [2.05, 4.69) is 0 Å². The zero-order valence-corrected chi connectivity index (χ0v) is 15.1. The van der Waals surface area contributed by atoms with E-state index in [-0.39, 0.29) is 31.3 Å². The Morgan fingerprint density at radius 3 is 0.500 bits per heavy atom. The minimum atomic E-state index is -6.09. The largest absolute Gasteiger partial charge is 3.00 e. The summed E-state index contributed by atoms with van der Waals surface area (Å²) in [6, 6.07) is 0. The van der Waals surface area contributed by atoms with Crippen molar-refractivity contribution in [2.75, 3.05) is 0 Å². The van der Waals surface area contributed by atoms with Crippen LogP contribution in [0.15, 0.2) is 0 Å². The maximum absolute atomic E-state index is 10.7. The summed E-state index contributed by atoms with van der Waals surface area (Å²) in [6.07, 6.45) is 0. The maximum atomic E-state index is 10.7. The smallest absolute Gasteiger partial charge is 0.741 e. The number of hydrogen-bond acceptors (Lipinski definition) is 9. The monoisotopic (exact) mass is 510 g/mol. The number of alkyl halides is 9. The first-order valence-electron chi connectivity index (χ1n) is 3.81. The van der Waals surface area contributed by atoms with Crippen LogP contribution in [0, 0.1) is 0 Å². The second-order valence-corrected chi connectivity index (χ2v) is 6.81. The van der Waals surface area contributed by atoms with Crippen molar-refractivity contribution >= 4 is 30.4 Å². The summed E-state index contributed by atoms with van der Waals surface area (Å²) in [6.45, 7) is 0. The SMILES string of the molecule is O.O=S(=O)([O-])C(F)(F)F.O=S(=O)([O-])C(F)(F)F.O=S(=O)([O-])C(F)(F)F.[Sc+3]. The Morgan fingerprint density at radius 2 is 0.500 bits per heavy atom. The van der Waals surface area contributed by atoms with Crippen molar-refractivity contribution < 1.29 is 110 Å². The molecule has 0 unspecified atom stereocenters. The Bertz CT molecular complexity index is 598. The summed E-state index contributed by atoms with van der Waals surface area (Å²) in [5.41, 5.74) is -16.9. The van der Waals surface area contributed by atoms with Crippen LogP contribution in [0.1, 0.15) is 0 Å². The number of hydrogen-bond donors (Lipinski definition) is 0. The van der Waals surface area contributed by atoms with Gasteiger partial charge in [0.2, 0.25) is 0 Å². The van der Waals surface area contributed by atoms with Gasteiger partial charge in [0.25, 0.3) is 0 Å². The number of halogens is 9. The fraction of sp³-hybridized carbons (Fsp3) is 1.00. The fourth-order valence-corrected chi connectivity index (χ4v) is 0. The van der Waals surface area contributed by atoms with Gasteiger partial charge in [-0.05, 0) is 0 Å². The van der Waals surface area contributed by atoms with Crippen molar-refractivity contribution in [3.8, 4) is 0 Å². The molecule has 0 amide bonds. The minimum Gasteiger partial charge on any atom is -0.741 e. The molecule has 10 nitrogen and oxygen atoms in total. The average Bonchev–Trinajstić information content (AvgIpc) is 2.08. The van der Waals surface area contributed by atoms with Crippen LogP contribution < -0.4 is 0 Å². The molecular formula is C3H2F9O10S3Sc. The van der Waals surface area contributed by atoms with Crippen molar-refractivity contribution in [3.05, 3.63) is 0 Å². The fourth-order valence-electron chi connectivity index (χ4n) is 0. The van der Waals surface area contributed by atoms with Gasteiger partial charge in [-0.2, -0.15) is 39.5 Å². The van der Waals surface area contributed by atoms with Gasteiger partial charge < -0.3 is 19.1 Å². The molecule has 23 heteroatoms. The Morgan fingerprint density at radius 1 is 0.462 bits per heavy atom. The first-order chi connectivity index (χ1) is 9.75. The molecule has 0 fully saturated rings. The van der Waals surface area contributed by atoms with E-state index in [4.69, 9.17) is 38.9 Å². The molecule has 0 saturated heterocycles. The van der Waals surface area contributed by atoms with E-state index in [0.29, 0.717) is 0 Å². The zero-order valence-electron chi connectivity index (χ0n) is 10.9. The summed E-state index contributed by atoms with van der Waals surface area (Å²) in [7, 11) is -18.3. The Kier molecular flexibility index (Phi) is 15.6. The molecule has 0 aliphatic heterocycles. The minimum absolute atomic E-state index is 0. The van der Waals surface area contributed by atoms with Gasteiger partial charge in [-0.15, -0.1) is 0 Å². The molecule has 0 rings (SSSR count). The molecule has 0 aliphatic rings. The number of rotatable bonds is 0. The third kappa shape index (κ3) is 17.3. The Labute approximate surface area is 156 Å². The van der Waals surface area contributed by atoms with Crippen LogP contribution in [0.2, 0.25) is 0 Å². The predicted octanol–water partition coefficient (Wildman–Crippen LogP) is -0.673. The standard InChI is InChI=1S/3CHF3O3S.H2O.Sc/c3*2-1(3,4)8(5,6)7;;/h3*(H,5,6,7);1H2;/q;;;;+3/p-3. The topological polar surface area (TPSA) is 203 Å². The van der Waals surface area contributed by atoms with Crippen LogP contribution in [-0.2, 0) is 56.2 Å². The van der Waals surface area contributed by atoms with Crippen molar-refractivity contribution in [2.45, 2.75) is 16.5 Å². The second-order valence-electron chi connectivity index (χ2n) is 2.70. The molecule has 158 valence electrons. The summed E-state index contributed by atoms with van der Waals surface area (Å²) in [4.78, 5) is 0. The molecule has 0 aromatic rings. The quantitative estimate of drug-likeness (QED) is 0.230. The molecule has 0 atom stereocenters. The molecule has 26 heavy (non-hydrogen) atoms. The molecular weight excluding hydrogens is 508 g/mol. The van der Waals surface area contributed by atoms with E-state index in [9.17, 15) is 39.5 Å². The first kappa shape index (κ1) is 36.8. The average molecular weight is 510 g/mol. The normalized spacial score (nSPS) is 12.9. The van der Waals surface area contributed by atoms with Crippen LogP contribution in [0.25, 0.3) is 0 Å². The van der Waals surface area contributed by atoms with E-state index in [1.165, 1.54) is 0 Å². The van der Waals surface area contributed by atoms with Gasteiger partial charge in [-0.25, -0.2) is 25.3 Å². The van der Waals surface area contributed by atoms with Gasteiger partial charge in [0.15, 0.2) is 30.4 Å². The summed E-state index contributed by atoms with van der Waals surface area (Å²) in [5, 5.41) is 0. The van der Waals surface area contributed by atoms with E-state index < -0.39 is 46.9 Å². The van der Waals surface area contributed by atoms with Crippen LogP contribution >= 0.6 is 0 Å². The molecule has 0 aromatic carbocycles. The van der Waals surface area contributed by atoms with Gasteiger partial charge in [0.1, 0.15) is 0 Å². The molecule has 0 radical (unpaired) electrons. The van der Waals surface area contributed by atoms with E-state index in [1.807, 2.05) is 0 Å². The van der Waals surface area contributed by atoms with Crippen LogP contribution in [0.3, 0.4) is 0 Å². The molecule has 0 bridgehead atoms. The van der Waals surface area contributed by atoms with Gasteiger partial charge in [-0.1, -0.05) is 0 Å². The maximum Gasteiger partial charge on any atom is 3.00 e. The van der Waals surface area contributed by atoms with Crippen molar-refractivity contribution in [3.63, 3.8) is 0 Å². The summed E-state index contributed by atoms with van der Waals surface area (Å²) < 4.78 is 177. The third-order valence-corrected chi connectivity index (χ3v) is 2.55. The van der Waals surface area contributed by atoms with Gasteiger partial charge in [-0.3, -0.25) is 0 Å². The Balaban J connectivity index is -0.0000000817. The molecule has 0 aliphatic carbocycles. The first-order valence-corrected chi connectivity index (χ1v) is 8.04. The van der Waals surface area contributed by atoms with E-state index in [0.717, 1.165) is 0 Å². The third-order valence-electron chi connectivity index (χ3n) is 0.850. The summed E-state index contributed by atoms with van der Waals surface area (Å²) in [5.74, 6) is 0. The van der Waals surface area contributed by atoms with Crippen LogP contribution in [0.4, 0.5) is 39.5 Å². The molecule has 2 N–H and O–H groups in total. The summed E-state index contributed by atoms with van der Waals surface area (Å²) >= 11 is 0. The van der Waals surface area contributed by atoms with E-state index >= 15 is 0 Å².